The van der Waals surface area contributed by atoms with Crippen LogP contribution in [0.2, 0.25) is 0 Å². The Bertz CT molecular complexity index is 650. The molecule has 0 spiro atoms. The van der Waals surface area contributed by atoms with E-state index in [9.17, 15) is 0 Å². The molecule has 0 N–H and O–H groups in total. The zero-order valence-corrected chi connectivity index (χ0v) is 12.4. The highest BCUT2D eigenvalue weighted by atomic mass is 16.5. The monoisotopic (exact) mass is 281 g/mol. The van der Waals surface area contributed by atoms with E-state index < -0.39 is 0 Å². The summed E-state index contributed by atoms with van der Waals surface area (Å²) in [4.78, 5) is 2.22. The Hall–Kier alpha value is -2.42. The van der Waals surface area contributed by atoms with Crippen LogP contribution < -0.4 is 14.4 Å². The van der Waals surface area contributed by atoms with E-state index in [0.29, 0.717) is 0 Å². The summed E-state index contributed by atoms with van der Waals surface area (Å²) in [6.07, 6.45) is 3.28. The van der Waals surface area contributed by atoms with Crippen molar-refractivity contribution < 1.29 is 9.47 Å². The van der Waals surface area contributed by atoms with Crippen LogP contribution in [0.15, 0.2) is 60.3 Å². The third kappa shape index (κ3) is 3.02. The number of hydrogen-bond acceptors (Lipinski definition) is 3. The summed E-state index contributed by atoms with van der Waals surface area (Å²) in [5.74, 6) is 2.43. The molecule has 0 bridgehead atoms. The average molecular weight is 281 g/mol. The Morgan fingerprint density at radius 1 is 1.00 bits per heavy atom. The van der Waals surface area contributed by atoms with Crippen LogP contribution in [0.25, 0.3) is 0 Å². The van der Waals surface area contributed by atoms with Crippen molar-refractivity contribution in [2.75, 3.05) is 18.6 Å². The van der Waals surface area contributed by atoms with Crippen LogP contribution >= 0.6 is 0 Å². The molecule has 0 saturated carbocycles. The van der Waals surface area contributed by atoms with Crippen molar-refractivity contribution in [3.8, 4) is 17.2 Å². The number of hydrogen-bond donors (Lipinski definition) is 0. The molecule has 1 aliphatic heterocycles. The van der Waals surface area contributed by atoms with Crippen molar-refractivity contribution in [3.05, 3.63) is 60.3 Å². The van der Waals surface area contributed by atoms with Gasteiger partial charge in [-0.2, -0.15) is 0 Å². The van der Waals surface area contributed by atoms with Gasteiger partial charge < -0.3 is 14.4 Å². The van der Waals surface area contributed by atoms with Crippen molar-refractivity contribution in [1.82, 2.24) is 0 Å². The molecule has 1 aliphatic rings. The molecule has 0 aliphatic carbocycles. The molecule has 108 valence electrons. The largest absolute Gasteiger partial charge is 0.494 e. The minimum atomic E-state index is 0.779. The van der Waals surface area contributed by atoms with Crippen molar-refractivity contribution in [2.24, 2.45) is 0 Å². The van der Waals surface area contributed by atoms with E-state index in [1.807, 2.05) is 48.5 Å². The second kappa shape index (κ2) is 5.92. The number of rotatable bonds is 4. The zero-order valence-electron chi connectivity index (χ0n) is 12.4. The molecule has 21 heavy (non-hydrogen) atoms. The molecule has 3 rings (SSSR count). The van der Waals surface area contributed by atoms with Crippen LogP contribution in [-0.2, 0) is 0 Å². The molecular formula is C18H19NO2. The molecule has 0 radical (unpaired) electrons. The Kier molecular flexibility index (Phi) is 3.82. The number of anilines is 1. The van der Waals surface area contributed by atoms with Gasteiger partial charge in [0.15, 0.2) is 0 Å². The zero-order chi connectivity index (χ0) is 14.7. The summed E-state index contributed by atoms with van der Waals surface area (Å²) in [6, 6.07) is 15.7. The fourth-order valence-electron chi connectivity index (χ4n) is 2.47. The van der Waals surface area contributed by atoms with Gasteiger partial charge in [-0.3, -0.25) is 0 Å². The minimum Gasteiger partial charge on any atom is -0.494 e. The van der Waals surface area contributed by atoms with Gasteiger partial charge in [-0.25, -0.2) is 0 Å². The number of methoxy groups -OCH3 is 1. The molecule has 0 fully saturated rings. The number of para-hydroxylation sites is 1. The molecule has 0 amide bonds. The summed E-state index contributed by atoms with van der Waals surface area (Å²) < 4.78 is 11.4. The molecule has 2 aromatic carbocycles. The first-order valence-corrected chi connectivity index (χ1v) is 7.11. The van der Waals surface area contributed by atoms with Gasteiger partial charge in [-0.05, 0) is 37.6 Å². The van der Waals surface area contributed by atoms with E-state index in [1.165, 1.54) is 5.57 Å². The van der Waals surface area contributed by atoms with Gasteiger partial charge in [0, 0.05) is 18.8 Å². The second-order valence-electron chi connectivity index (χ2n) is 5.17. The Morgan fingerprint density at radius 2 is 1.81 bits per heavy atom. The molecule has 0 unspecified atom stereocenters. The van der Waals surface area contributed by atoms with Crippen LogP contribution in [-0.4, -0.2) is 13.7 Å². The fourth-order valence-corrected chi connectivity index (χ4v) is 2.47. The van der Waals surface area contributed by atoms with Crippen LogP contribution in [0.5, 0.6) is 17.2 Å². The van der Waals surface area contributed by atoms with Gasteiger partial charge in [0.05, 0.1) is 12.8 Å². The highest BCUT2D eigenvalue weighted by Gasteiger charge is 2.16. The van der Waals surface area contributed by atoms with E-state index >= 15 is 0 Å². The first-order valence-electron chi connectivity index (χ1n) is 7.11. The Balaban J connectivity index is 1.85. The van der Waals surface area contributed by atoms with E-state index in [0.717, 1.165) is 35.9 Å². The van der Waals surface area contributed by atoms with Crippen molar-refractivity contribution in [2.45, 2.75) is 13.3 Å². The number of nitrogens with zero attached hydrogens (tertiary/aromatic N) is 1. The van der Waals surface area contributed by atoms with Gasteiger partial charge in [-0.1, -0.05) is 23.8 Å². The molecule has 0 aromatic heterocycles. The van der Waals surface area contributed by atoms with Crippen molar-refractivity contribution in [3.63, 3.8) is 0 Å². The first-order chi connectivity index (χ1) is 10.3. The highest BCUT2D eigenvalue weighted by molar-refractivity contribution is 5.64. The van der Waals surface area contributed by atoms with E-state index in [1.54, 1.807) is 7.11 Å². The maximum Gasteiger partial charge on any atom is 0.146 e. The summed E-state index contributed by atoms with van der Waals surface area (Å²) in [5, 5.41) is 0. The van der Waals surface area contributed by atoms with Gasteiger partial charge in [-0.15, -0.1) is 0 Å². The normalized spacial score (nSPS) is 14.0. The SMILES string of the molecule is COc1cc(Oc2ccccc2)ccc1N1C=C(C)CC1. The van der Waals surface area contributed by atoms with E-state index in [-0.39, 0.29) is 0 Å². The van der Waals surface area contributed by atoms with Gasteiger partial charge in [0.1, 0.15) is 17.2 Å². The standard InChI is InChI=1S/C18H19NO2/c1-14-10-11-19(13-14)17-9-8-16(12-18(17)20-2)21-15-6-4-3-5-7-15/h3-9,12-13H,10-11H2,1-2H3. The molecular weight excluding hydrogens is 262 g/mol. The lowest BCUT2D eigenvalue weighted by atomic mass is 10.2. The third-order valence-electron chi connectivity index (χ3n) is 3.56. The Morgan fingerprint density at radius 3 is 2.48 bits per heavy atom. The predicted molar refractivity (Wildman–Crippen MR) is 85.2 cm³/mol. The van der Waals surface area contributed by atoms with Gasteiger partial charge in [0.25, 0.3) is 0 Å². The first kappa shape index (κ1) is 13.6. The molecule has 3 heteroatoms. The van der Waals surface area contributed by atoms with E-state index in [2.05, 4.69) is 18.0 Å². The van der Waals surface area contributed by atoms with Crippen LogP contribution in [0, 0.1) is 0 Å². The molecule has 1 heterocycles. The number of ether oxygens (including phenoxy) is 2. The maximum absolute atomic E-state index is 5.85. The number of benzene rings is 2. The van der Waals surface area contributed by atoms with Crippen LogP contribution in [0.4, 0.5) is 5.69 Å². The van der Waals surface area contributed by atoms with Crippen LogP contribution in [0.1, 0.15) is 13.3 Å². The van der Waals surface area contributed by atoms with Gasteiger partial charge in [0.2, 0.25) is 0 Å². The second-order valence-corrected chi connectivity index (χ2v) is 5.17. The summed E-state index contributed by atoms with van der Waals surface area (Å²) >= 11 is 0. The summed E-state index contributed by atoms with van der Waals surface area (Å²) in [6.45, 7) is 3.15. The molecule has 3 nitrogen and oxygen atoms in total. The smallest absolute Gasteiger partial charge is 0.146 e. The topological polar surface area (TPSA) is 21.7 Å². The van der Waals surface area contributed by atoms with Crippen LogP contribution in [0.3, 0.4) is 0 Å². The lowest BCUT2D eigenvalue weighted by Crippen LogP contribution is -2.13. The minimum absolute atomic E-state index is 0.779. The quantitative estimate of drug-likeness (QED) is 0.817. The lowest BCUT2D eigenvalue weighted by Gasteiger charge is -2.19. The fraction of sp³-hybridized carbons (Fsp3) is 0.222. The maximum atomic E-state index is 5.85. The third-order valence-corrected chi connectivity index (χ3v) is 3.56. The molecule has 2 aromatic rings. The highest BCUT2D eigenvalue weighted by Crippen LogP contribution is 2.36. The summed E-state index contributed by atoms with van der Waals surface area (Å²) in [7, 11) is 1.69. The molecule has 0 saturated heterocycles. The average Bonchev–Trinajstić information content (AvgIpc) is 2.94. The molecule has 0 atom stereocenters. The predicted octanol–water partition coefficient (Wildman–Crippen LogP) is 4.60. The van der Waals surface area contributed by atoms with Crippen molar-refractivity contribution in [1.29, 1.82) is 0 Å². The Labute approximate surface area is 125 Å². The van der Waals surface area contributed by atoms with Crippen molar-refractivity contribution >= 4 is 5.69 Å². The lowest BCUT2D eigenvalue weighted by molar-refractivity contribution is 0.409. The van der Waals surface area contributed by atoms with E-state index in [4.69, 9.17) is 9.47 Å². The summed E-state index contributed by atoms with van der Waals surface area (Å²) in [5.41, 5.74) is 2.47. The van der Waals surface area contributed by atoms with Gasteiger partial charge >= 0.3 is 0 Å².